The molecule has 0 bridgehead atoms. The minimum Gasteiger partial charge on any atom is -0.383 e. The smallest absolute Gasteiger partial charge is 0.142 e. The molecule has 20 heavy (non-hydrogen) atoms. The largest absolute Gasteiger partial charge is 0.383 e. The summed E-state index contributed by atoms with van der Waals surface area (Å²) in [6.45, 7) is 0. The maximum Gasteiger partial charge on any atom is 0.142 e. The molecule has 0 radical (unpaired) electrons. The Morgan fingerprint density at radius 3 is 2.35 bits per heavy atom. The van der Waals surface area contributed by atoms with Gasteiger partial charge in [-0.05, 0) is 12.1 Å². The Kier molecular flexibility index (Phi) is 2.99. The monoisotopic (exact) mass is 267 g/mol. The number of hydrogen-bond acceptors (Lipinski definition) is 2. The number of anilines is 1. The highest BCUT2D eigenvalue weighted by Crippen LogP contribution is 2.31. The number of nitrogen functional groups attached to an aromatic ring is 1. The predicted octanol–water partition coefficient (Wildman–Crippen LogP) is 3.48. The van der Waals surface area contributed by atoms with Crippen LogP contribution in [-0.4, -0.2) is 9.55 Å². The number of hydrogen-bond donors (Lipinski definition) is 1. The van der Waals surface area contributed by atoms with Crippen molar-refractivity contribution in [2.24, 2.45) is 7.05 Å². The summed E-state index contributed by atoms with van der Waals surface area (Å²) in [5, 5.41) is 0. The highest BCUT2D eigenvalue weighted by molar-refractivity contribution is 5.75. The fraction of sp³-hybridized carbons (Fsp3) is 0.0625. The summed E-state index contributed by atoms with van der Waals surface area (Å²) >= 11 is 0. The van der Waals surface area contributed by atoms with Gasteiger partial charge < -0.3 is 10.3 Å². The van der Waals surface area contributed by atoms with E-state index in [1.54, 1.807) is 22.8 Å². The van der Waals surface area contributed by atoms with Crippen LogP contribution >= 0.6 is 0 Å². The minimum absolute atomic E-state index is 0.322. The van der Waals surface area contributed by atoms with Crippen molar-refractivity contribution in [3.05, 3.63) is 60.4 Å². The molecule has 0 aliphatic rings. The van der Waals surface area contributed by atoms with Gasteiger partial charge in [0.05, 0.1) is 0 Å². The highest BCUT2D eigenvalue weighted by atomic mass is 19.1. The summed E-state index contributed by atoms with van der Waals surface area (Å²) in [5.41, 5.74) is 7.92. The molecule has 3 rings (SSSR count). The second-order valence-electron chi connectivity index (χ2n) is 4.57. The number of halogens is 1. The Labute approximate surface area is 116 Å². The van der Waals surface area contributed by atoms with Crippen LogP contribution in [-0.2, 0) is 7.05 Å². The van der Waals surface area contributed by atoms with E-state index in [-0.39, 0.29) is 5.82 Å². The van der Waals surface area contributed by atoms with Crippen LogP contribution < -0.4 is 5.73 Å². The van der Waals surface area contributed by atoms with Crippen molar-refractivity contribution in [1.82, 2.24) is 9.55 Å². The normalized spacial score (nSPS) is 10.7. The van der Waals surface area contributed by atoms with Gasteiger partial charge in [0.2, 0.25) is 0 Å². The third-order valence-corrected chi connectivity index (χ3v) is 3.30. The summed E-state index contributed by atoms with van der Waals surface area (Å²) in [6, 6.07) is 16.2. The van der Waals surface area contributed by atoms with Gasteiger partial charge in [-0.3, -0.25) is 0 Å². The first-order valence-electron chi connectivity index (χ1n) is 6.31. The van der Waals surface area contributed by atoms with E-state index in [0.29, 0.717) is 17.1 Å². The van der Waals surface area contributed by atoms with Crippen LogP contribution in [0.4, 0.5) is 10.2 Å². The topological polar surface area (TPSA) is 43.8 Å². The first-order chi connectivity index (χ1) is 9.68. The fourth-order valence-corrected chi connectivity index (χ4v) is 2.21. The first-order valence-corrected chi connectivity index (χ1v) is 6.31. The Morgan fingerprint density at radius 1 is 1.00 bits per heavy atom. The zero-order chi connectivity index (χ0) is 14.1. The summed E-state index contributed by atoms with van der Waals surface area (Å²) < 4.78 is 15.7. The molecule has 2 aromatic carbocycles. The van der Waals surface area contributed by atoms with Crippen molar-refractivity contribution < 1.29 is 4.39 Å². The van der Waals surface area contributed by atoms with Gasteiger partial charge in [-0.1, -0.05) is 42.5 Å². The third kappa shape index (κ3) is 1.95. The molecular formula is C16H14FN3. The van der Waals surface area contributed by atoms with Crippen molar-refractivity contribution >= 4 is 5.82 Å². The molecule has 0 aliphatic heterocycles. The van der Waals surface area contributed by atoms with Crippen LogP contribution in [0.3, 0.4) is 0 Å². The molecule has 0 fully saturated rings. The van der Waals surface area contributed by atoms with Gasteiger partial charge in [-0.25, -0.2) is 9.37 Å². The molecular weight excluding hydrogens is 253 g/mol. The van der Waals surface area contributed by atoms with E-state index < -0.39 is 0 Å². The Bertz CT molecular complexity index is 748. The van der Waals surface area contributed by atoms with Crippen molar-refractivity contribution in [3.8, 4) is 22.6 Å². The lowest BCUT2D eigenvalue weighted by Crippen LogP contribution is -1.99. The van der Waals surface area contributed by atoms with E-state index in [9.17, 15) is 4.39 Å². The number of rotatable bonds is 2. The Hall–Kier alpha value is -2.62. The van der Waals surface area contributed by atoms with Crippen LogP contribution in [0.2, 0.25) is 0 Å². The summed E-state index contributed by atoms with van der Waals surface area (Å²) in [6.07, 6.45) is 0. The second kappa shape index (κ2) is 4.81. The Morgan fingerprint density at radius 2 is 1.65 bits per heavy atom. The molecule has 2 N–H and O–H groups in total. The van der Waals surface area contributed by atoms with Crippen molar-refractivity contribution in [1.29, 1.82) is 0 Å². The molecule has 0 atom stereocenters. The maximum absolute atomic E-state index is 13.9. The standard InChI is InChI=1S/C16H14FN3/c1-20-15(18)14(12-9-5-6-10-13(12)17)19-16(20)11-7-3-2-4-8-11/h2-10H,18H2,1H3. The van der Waals surface area contributed by atoms with Gasteiger partial charge in [0, 0.05) is 18.2 Å². The number of benzene rings is 2. The SMILES string of the molecule is Cn1c(-c2ccccc2)nc(-c2ccccc2F)c1N. The van der Waals surface area contributed by atoms with E-state index in [0.717, 1.165) is 11.4 Å². The van der Waals surface area contributed by atoms with Gasteiger partial charge in [0.25, 0.3) is 0 Å². The van der Waals surface area contributed by atoms with Gasteiger partial charge in [-0.2, -0.15) is 0 Å². The first kappa shape index (κ1) is 12.4. The molecule has 0 saturated heterocycles. The van der Waals surface area contributed by atoms with Gasteiger partial charge in [0.1, 0.15) is 23.2 Å². The molecule has 3 nitrogen and oxygen atoms in total. The van der Waals surface area contributed by atoms with E-state index >= 15 is 0 Å². The summed E-state index contributed by atoms with van der Waals surface area (Å²) in [7, 11) is 1.83. The molecule has 0 aliphatic carbocycles. The molecule has 1 heterocycles. The molecule has 3 aromatic rings. The molecule has 100 valence electrons. The molecule has 1 aromatic heterocycles. The predicted molar refractivity (Wildman–Crippen MR) is 78.5 cm³/mol. The minimum atomic E-state index is -0.322. The third-order valence-electron chi connectivity index (χ3n) is 3.30. The van der Waals surface area contributed by atoms with Crippen LogP contribution in [0.1, 0.15) is 0 Å². The van der Waals surface area contributed by atoms with Crippen molar-refractivity contribution in [2.75, 3.05) is 5.73 Å². The van der Waals surface area contributed by atoms with Gasteiger partial charge >= 0.3 is 0 Å². The van der Waals surface area contributed by atoms with Crippen LogP contribution in [0.5, 0.6) is 0 Å². The molecule has 0 spiro atoms. The van der Waals surface area contributed by atoms with Gasteiger partial charge in [-0.15, -0.1) is 0 Å². The lowest BCUT2D eigenvalue weighted by Gasteiger charge is -2.02. The number of nitrogens with two attached hydrogens (primary N) is 1. The lowest BCUT2D eigenvalue weighted by atomic mass is 10.1. The lowest BCUT2D eigenvalue weighted by molar-refractivity contribution is 0.631. The highest BCUT2D eigenvalue weighted by Gasteiger charge is 2.17. The fourth-order valence-electron chi connectivity index (χ4n) is 2.21. The van der Waals surface area contributed by atoms with Crippen molar-refractivity contribution in [3.63, 3.8) is 0 Å². The zero-order valence-electron chi connectivity index (χ0n) is 11.0. The molecule has 0 unspecified atom stereocenters. The summed E-state index contributed by atoms with van der Waals surface area (Å²) in [4.78, 5) is 4.51. The molecule has 4 heteroatoms. The average molecular weight is 267 g/mol. The van der Waals surface area contributed by atoms with Crippen LogP contribution in [0, 0.1) is 5.82 Å². The van der Waals surface area contributed by atoms with Crippen LogP contribution in [0.25, 0.3) is 22.6 Å². The zero-order valence-corrected chi connectivity index (χ0v) is 11.0. The van der Waals surface area contributed by atoms with E-state index in [1.165, 1.54) is 6.07 Å². The Balaban J connectivity index is 2.19. The van der Waals surface area contributed by atoms with Crippen molar-refractivity contribution in [2.45, 2.75) is 0 Å². The number of imidazole rings is 1. The van der Waals surface area contributed by atoms with Gasteiger partial charge in [0.15, 0.2) is 0 Å². The van der Waals surface area contributed by atoms with E-state index in [1.807, 2.05) is 37.4 Å². The number of aromatic nitrogens is 2. The van der Waals surface area contributed by atoms with Crippen LogP contribution in [0.15, 0.2) is 54.6 Å². The average Bonchev–Trinajstić information content (AvgIpc) is 2.77. The number of nitrogens with zero attached hydrogens (tertiary/aromatic N) is 2. The molecule has 0 amide bonds. The quantitative estimate of drug-likeness (QED) is 0.772. The summed E-state index contributed by atoms with van der Waals surface area (Å²) in [5.74, 6) is 0.854. The van der Waals surface area contributed by atoms with E-state index in [4.69, 9.17) is 5.73 Å². The maximum atomic E-state index is 13.9. The molecule has 0 saturated carbocycles. The second-order valence-corrected chi connectivity index (χ2v) is 4.57. The van der Waals surface area contributed by atoms with E-state index in [2.05, 4.69) is 4.98 Å².